The van der Waals surface area contributed by atoms with Crippen LogP contribution in [0.3, 0.4) is 0 Å². The van der Waals surface area contributed by atoms with Gasteiger partial charge in [-0.3, -0.25) is 0 Å². The van der Waals surface area contributed by atoms with Crippen molar-refractivity contribution in [2.24, 2.45) is 0 Å². The average Bonchev–Trinajstić information content (AvgIpc) is 3.18. The Balaban J connectivity index is 1.86. The molecule has 0 saturated heterocycles. The van der Waals surface area contributed by atoms with Gasteiger partial charge in [-0.2, -0.15) is 0 Å². The summed E-state index contributed by atoms with van der Waals surface area (Å²) in [7, 11) is 4.02. The molecule has 3 nitrogen and oxygen atoms in total. The van der Waals surface area contributed by atoms with Crippen molar-refractivity contribution in [2.75, 3.05) is 25.5 Å². The molecule has 0 amide bonds. The third kappa shape index (κ3) is 3.84. The number of hydrogen-bond donors (Lipinski definition) is 1. The second kappa shape index (κ2) is 6.01. The van der Waals surface area contributed by atoms with Crippen LogP contribution < -0.4 is 10.2 Å². The maximum Gasteiger partial charge on any atom is 0.127 e. The fourth-order valence-corrected chi connectivity index (χ4v) is 1.87. The third-order valence-electron chi connectivity index (χ3n) is 3.27. The molecule has 98 valence electrons. The minimum absolute atomic E-state index is 0.805. The number of anilines is 1. The molecule has 1 N–H and O–H groups in total. The van der Waals surface area contributed by atoms with E-state index < -0.39 is 0 Å². The Bertz CT molecular complexity index is 402. The van der Waals surface area contributed by atoms with Gasteiger partial charge in [-0.05, 0) is 56.0 Å². The molecule has 1 heterocycles. The first-order chi connectivity index (χ1) is 8.66. The van der Waals surface area contributed by atoms with Crippen molar-refractivity contribution in [3.8, 4) is 0 Å². The molecule has 1 aromatic rings. The van der Waals surface area contributed by atoms with E-state index in [1.54, 1.807) is 0 Å². The van der Waals surface area contributed by atoms with Crippen molar-refractivity contribution in [3.63, 3.8) is 0 Å². The molecule has 0 aliphatic heterocycles. The van der Waals surface area contributed by atoms with Crippen molar-refractivity contribution in [3.05, 3.63) is 30.0 Å². The normalized spacial score (nSPS) is 15.8. The van der Waals surface area contributed by atoms with Crippen LogP contribution in [0.1, 0.15) is 31.7 Å². The lowest BCUT2D eigenvalue weighted by Gasteiger charge is -2.11. The highest BCUT2D eigenvalue weighted by Crippen LogP contribution is 2.19. The zero-order valence-electron chi connectivity index (χ0n) is 11.6. The minimum Gasteiger partial charge on any atom is -0.363 e. The van der Waals surface area contributed by atoms with Crippen LogP contribution in [-0.2, 0) is 0 Å². The first kappa shape index (κ1) is 13.1. The number of aromatic nitrogens is 1. The van der Waals surface area contributed by atoms with E-state index in [-0.39, 0.29) is 0 Å². The second-order valence-electron chi connectivity index (χ2n) is 5.20. The molecule has 0 spiro atoms. The Labute approximate surface area is 110 Å². The smallest absolute Gasteiger partial charge is 0.127 e. The zero-order valence-corrected chi connectivity index (χ0v) is 11.6. The standard InChI is InChI=1S/C15H23N3/c1-12(5-4-10-16-14-7-8-14)13-6-9-15(17-11-13)18(2)3/h5-6,9,11,14,16H,4,7-8,10H2,1-3H3/b12-5+. The molecule has 0 radical (unpaired) electrons. The van der Waals surface area contributed by atoms with Gasteiger partial charge < -0.3 is 10.2 Å². The van der Waals surface area contributed by atoms with Crippen molar-refractivity contribution < 1.29 is 0 Å². The summed E-state index contributed by atoms with van der Waals surface area (Å²) in [5.74, 6) is 1.00. The highest BCUT2D eigenvalue weighted by molar-refractivity contribution is 5.63. The molecule has 1 aliphatic rings. The van der Waals surface area contributed by atoms with Crippen LogP contribution in [0.25, 0.3) is 5.57 Å². The number of pyridine rings is 1. The van der Waals surface area contributed by atoms with Crippen LogP contribution in [0.15, 0.2) is 24.4 Å². The van der Waals surface area contributed by atoms with Gasteiger partial charge >= 0.3 is 0 Å². The highest BCUT2D eigenvalue weighted by Gasteiger charge is 2.19. The van der Waals surface area contributed by atoms with Crippen molar-refractivity contribution in [1.29, 1.82) is 0 Å². The summed E-state index contributed by atoms with van der Waals surface area (Å²) in [5, 5.41) is 3.52. The molecule has 2 rings (SSSR count). The summed E-state index contributed by atoms with van der Waals surface area (Å²) in [6, 6.07) is 5.01. The van der Waals surface area contributed by atoms with E-state index in [9.17, 15) is 0 Å². The highest BCUT2D eigenvalue weighted by atomic mass is 15.1. The Kier molecular flexibility index (Phi) is 4.37. The van der Waals surface area contributed by atoms with Gasteiger partial charge in [-0.25, -0.2) is 4.98 Å². The van der Waals surface area contributed by atoms with Crippen LogP contribution in [0.4, 0.5) is 5.82 Å². The number of rotatable bonds is 6. The molecule has 18 heavy (non-hydrogen) atoms. The molecule has 1 fully saturated rings. The predicted octanol–water partition coefficient (Wildman–Crippen LogP) is 2.69. The van der Waals surface area contributed by atoms with Crippen LogP contribution in [0.5, 0.6) is 0 Å². The van der Waals surface area contributed by atoms with Crippen LogP contribution in [-0.4, -0.2) is 31.7 Å². The number of nitrogens with one attached hydrogen (secondary N) is 1. The van der Waals surface area contributed by atoms with Gasteiger partial charge in [0.25, 0.3) is 0 Å². The van der Waals surface area contributed by atoms with E-state index in [4.69, 9.17) is 0 Å². The van der Waals surface area contributed by atoms with Crippen LogP contribution in [0.2, 0.25) is 0 Å². The maximum atomic E-state index is 4.44. The molecule has 3 heteroatoms. The van der Waals surface area contributed by atoms with E-state index >= 15 is 0 Å². The summed E-state index contributed by atoms with van der Waals surface area (Å²) >= 11 is 0. The summed E-state index contributed by atoms with van der Waals surface area (Å²) < 4.78 is 0. The van der Waals surface area contributed by atoms with Crippen LogP contribution >= 0.6 is 0 Å². The predicted molar refractivity (Wildman–Crippen MR) is 77.9 cm³/mol. The molecule has 1 aromatic heterocycles. The fraction of sp³-hybridized carbons (Fsp3) is 0.533. The summed E-state index contributed by atoms with van der Waals surface area (Å²) in [5.41, 5.74) is 2.53. The SMILES string of the molecule is C/C(=C\CCNC1CC1)c1ccc(N(C)C)nc1. The van der Waals surface area contributed by atoms with E-state index in [1.807, 2.05) is 25.2 Å². The molecule has 1 saturated carbocycles. The van der Waals surface area contributed by atoms with Crippen molar-refractivity contribution in [2.45, 2.75) is 32.2 Å². The summed E-state index contributed by atoms with van der Waals surface area (Å²) in [6.07, 6.45) is 8.06. The monoisotopic (exact) mass is 245 g/mol. The molecule has 0 atom stereocenters. The van der Waals surface area contributed by atoms with Gasteiger partial charge in [0.2, 0.25) is 0 Å². The lowest BCUT2D eigenvalue weighted by atomic mass is 10.1. The summed E-state index contributed by atoms with van der Waals surface area (Å²) in [6.45, 7) is 3.24. The van der Waals surface area contributed by atoms with Gasteiger partial charge in [0.15, 0.2) is 0 Å². The maximum absolute atomic E-state index is 4.44. The first-order valence-electron chi connectivity index (χ1n) is 6.70. The van der Waals surface area contributed by atoms with Gasteiger partial charge in [-0.15, -0.1) is 0 Å². The Morgan fingerprint density at radius 3 is 2.78 bits per heavy atom. The Morgan fingerprint density at radius 2 is 2.22 bits per heavy atom. The minimum atomic E-state index is 0.805. The largest absolute Gasteiger partial charge is 0.363 e. The lowest BCUT2D eigenvalue weighted by molar-refractivity contribution is 0.690. The average molecular weight is 245 g/mol. The molecule has 0 aromatic carbocycles. The quantitative estimate of drug-likeness (QED) is 0.781. The fourth-order valence-electron chi connectivity index (χ4n) is 1.87. The number of hydrogen-bond acceptors (Lipinski definition) is 3. The Hall–Kier alpha value is -1.35. The van der Waals surface area contributed by atoms with Gasteiger partial charge in [-0.1, -0.05) is 6.08 Å². The van der Waals surface area contributed by atoms with Crippen molar-refractivity contribution in [1.82, 2.24) is 10.3 Å². The molecule has 0 bridgehead atoms. The number of allylic oxidation sites excluding steroid dienone is 1. The van der Waals surface area contributed by atoms with E-state index in [1.165, 1.54) is 24.0 Å². The lowest BCUT2D eigenvalue weighted by Crippen LogP contribution is -2.16. The van der Waals surface area contributed by atoms with Gasteiger partial charge in [0, 0.05) is 26.3 Å². The topological polar surface area (TPSA) is 28.2 Å². The zero-order chi connectivity index (χ0) is 13.0. The van der Waals surface area contributed by atoms with Crippen molar-refractivity contribution >= 4 is 11.4 Å². The molecule has 1 aliphatic carbocycles. The van der Waals surface area contributed by atoms with Gasteiger partial charge in [0.1, 0.15) is 5.82 Å². The second-order valence-corrected chi connectivity index (χ2v) is 5.20. The van der Waals surface area contributed by atoms with Gasteiger partial charge in [0.05, 0.1) is 0 Å². The molecule has 0 unspecified atom stereocenters. The Morgan fingerprint density at radius 1 is 1.44 bits per heavy atom. The first-order valence-corrected chi connectivity index (χ1v) is 6.70. The van der Waals surface area contributed by atoms with E-state index in [0.29, 0.717) is 0 Å². The van der Waals surface area contributed by atoms with E-state index in [2.05, 4.69) is 35.4 Å². The number of nitrogens with zero attached hydrogens (tertiary/aromatic N) is 2. The molecular weight excluding hydrogens is 222 g/mol. The van der Waals surface area contributed by atoms with E-state index in [0.717, 1.165) is 24.8 Å². The van der Waals surface area contributed by atoms with Crippen LogP contribution in [0, 0.1) is 0 Å². The third-order valence-corrected chi connectivity index (χ3v) is 3.27. The molecular formula is C15H23N3. The summed E-state index contributed by atoms with van der Waals surface area (Å²) in [4.78, 5) is 6.45.